The highest BCUT2D eigenvalue weighted by Crippen LogP contribution is 2.31. The molecular weight excluding hydrogens is 534 g/mol. The summed E-state index contributed by atoms with van der Waals surface area (Å²) in [4.78, 5) is 50.7. The number of nitrogens with two attached hydrogens (primary N) is 1. The zero-order valence-electron chi connectivity index (χ0n) is 22.9. The number of primary amides is 1. The van der Waals surface area contributed by atoms with Gasteiger partial charge in [0.15, 0.2) is 0 Å². The van der Waals surface area contributed by atoms with Gasteiger partial charge in [-0.2, -0.15) is 0 Å². The maximum absolute atomic E-state index is 14.0. The van der Waals surface area contributed by atoms with E-state index in [1.54, 1.807) is 42.5 Å². The van der Waals surface area contributed by atoms with E-state index < -0.39 is 29.0 Å². The average molecular weight is 564 g/mol. The van der Waals surface area contributed by atoms with Crippen molar-refractivity contribution in [3.63, 3.8) is 0 Å². The minimum absolute atomic E-state index is 0.0208. The van der Waals surface area contributed by atoms with Crippen LogP contribution in [0.25, 0.3) is 11.0 Å². The quantitative estimate of drug-likeness (QED) is 0.228. The average Bonchev–Trinajstić information content (AvgIpc) is 3.22. The van der Waals surface area contributed by atoms with Crippen LogP contribution in [0.1, 0.15) is 16.7 Å². The molecule has 0 radical (unpaired) electrons. The first-order valence-electron chi connectivity index (χ1n) is 12.4. The topological polar surface area (TPSA) is 161 Å². The Morgan fingerprint density at radius 1 is 0.902 bits per heavy atom. The van der Waals surface area contributed by atoms with E-state index in [0.717, 1.165) is 0 Å². The third-order valence-corrected chi connectivity index (χ3v) is 6.72. The first kappa shape index (κ1) is 28.7. The first-order chi connectivity index (χ1) is 19.6. The molecule has 0 unspecified atom stereocenters. The molecule has 0 saturated heterocycles. The number of methoxy groups -OCH3 is 3. The Balaban J connectivity index is 1.99. The Morgan fingerprint density at radius 2 is 1.51 bits per heavy atom. The second-order valence-corrected chi connectivity index (χ2v) is 9.18. The normalized spacial score (nSPS) is 10.8. The fraction of sp³-hybridized carbons (Fsp3) is 0.250. The second kappa shape index (κ2) is 11.8. The molecule has 3 aromatic carbocycles. The fourth-order valence-electron chi connectivity index (χ4n) is 4.61. The van der Waals surface area contributed by atoms with Crippen LogP contribution in [0.3, 0.4) is 0 Å². The van der Waals surface area contributed by atoms with Crippen LogP contribution in [0.2, 0.25) is 0 Å². The van der Waals surface area contributed by atoms with Gasteiger partial charge in [-0.3, -0.25) is 28.9 Å². The minimum atomic E-state index is -1.01. The van der Waals surface area contributed by atoms with Gasteiger partial charge in [0.25, 0.3) is 5.69 Å². The van der Waals surface area contributed by atoms with E-state index in [-0.39, 0.29) is 29.9 Å². The van der Waals surface area contributed by atoms with Crippen LogP contribution >= 0.6 is 0 Å². The van der Waals surface area contributed by atoms with Crippen molar-refractivity contribution in [1.82, 2.24) is 14.0 Å². The van der Waals surface area contributed by atoms with Crippen LogP contribution in [-0.4, -0.2) is 59.3 Å². The van der Waals surface area contributed by atoms with Gasteiger partial charge in [-0.15, -0.1) is 0 Å². The van der Waals surface area contributed by atoms with Crippen LogP contribution in [-0.2, 0) is 24.3 Å². The highest BCUT2D eigenvalue weighted by Gasteiger charge is 2.28. The van der Waals surface area contributed by atoms with Gasteiger partial charge in [-0.1, -0.05) is 12.1 Å². The lowest BCUT2D eigenvalue weighted by molar-refractivity contribution is -0.385. The Hall–Kier alpha value is -5.33. The number of urea groups is 1. The molecule has 0 aliphatic heterocycles. The molecule has 0 bridgehead atoms. The third-order valence-electron chi connectivity index (χ3n) is 6.72. The van der Waals surface area contributed by atoms with Crippen LogP contribution < -0.4 is 25.6 Å². The van der Waals surface area contributed by atoms with Crippen LogP contribution in [0, 0.1) is 10.1 Å². The summed E-state index contributed by atoms with van der Waals surface area (Å²) < 4.78 is 18.9. The molecule has 0 aliphatic rings. The van der Waals surface area contributed by atoms with Gasteiger partial charge < -0.3 is 19.9 Å². The molecule has 4 aromatic rings. The molecule has 0 spiro atoms. The lowest BCUT2D eigenvalue weighted by atomic mass is 10.1. The summed E-state index contributed by atoms with van der Waals surface area (Å²) in [5, 5.41) is 12.1. The van der Waals surface area contributed by atoms with E-state index in [1.807, 2.05) is 0 Å². The van der Waals surface area contributed by atoms with Crippen molar-refractivity contribution < 1.29 is 28.7 Å². The summed E-state index contributed by atoms with van der Waals surface area (Å²) in [6, 6.07) is 13.9. The number of fused-ring (bicyclic) bond motifs is 1. The number of carbonyl (C=O) groups is 2. The number of nitro groups is 1. The highest BCUT2D eigenvalue weighted by atomic mass is 16.6. The largest absolute Gasteiger partial charge is 0.497 e. The van der Waals surface area contributed by atoms with Gasteiger partial charge in [0.2, 0.25) is 5.91 Å². The van der Waals surface area contributed by atoms with Crippen LogP contribution in [0.5, 0.6) is 17.2 Å². The van der Waals surface area contributed by atoms with E-state index in [4.69, 9.17) is 19.9 Å². The molecule has 0 atom stereocenters. The molecule has 13 nitrogen and oxygen atoms in total. The smallest absolute Gasteiger partial charge is 0.329 e. The third kappa shape index (κ3) is 5.83. The number of aromatic nitrogens is 2. The molecular formula is C28H29N5O8. The molecule has 1 aromatic heterocycles. The summed E-state index contributed by atoms with van der Waals surface area (Å²) in [6.45, 7) is 0.0926. The van der Waals surface area contributed by atoms with Crippen molar-refractivity contribution in [2.45, 2.75) is 19.5 Å². The fourth-order valence-corrected chi connectivity index (χ4v) is 4.61. The molecule has 1 heterocycles. The van der Waals surface area contributed by atoms with Gasteiger partial charge >= 0.3 is 11.7 Å². The van der Waals surface area contributed by atoms with Crippen molar-refractivity contribution in [2.24, 2.45) is 5.73 Å². The number of ether oxygens (including phenoxy) is 3. The van der Waals surface area contributed by atoms with Gasteiger partial charge in [-0.05, 0) is 41.5 Å². The molecule has 3 amide bonds. The maximum atomic E-state index is 14.0. The van der Waals surface area contributed by atoms with E-state index >= 15 is 0 Å². The number of imide groups is 1. The Labute approximate surface area is 234 Å². The second-order valence-electron chi connectivity index (χ2n) is 9.18. The van der Waals surface area contributed by atoms with Gasteiger partial charge in [0, 0.05) is 19.2 Å². The number of hydrogen-bond donors (Lipinski definition) is 1. The summed E-state index contributed by atoms with van der Waals surface area (Å²) >= 11 is 0. The first-order valence-corrected chi connectivity index (χ1v) is 12.4. The standard InChI is InChI=1S/C28H29N5O8/c1-30(27(29)35)25(34)14-22-23(33(37)38)8-9-24-26(22)32(15-17-6-5-7-19(10-17)39-2)28(36)31(24)16-18-11-20(40-3)13-21(12-18)41-4/h5-13H,14-16H2,1-4H3,(H2,29,35). The van der Waals surface area contributed by atoms with Gasteiger partial charge in [0.05, 0.1) is 62.4 Å². The number of amides is 3. The molecule has 41 heavy (non-hydrogen) atoms. The molecule has 13 heteroatoms. The Kier molecular flexibility index (Phi) is 8.26. The van der Waals surface area contributed by atoms with E-state index in [2.05, 4.69) is 0 Å². The van der Waals surface area contributed by atoms with Crippen molar-refractivity contribution in [3.05, 3.63) is 91.9 Å². The predicted molar refractivity (Wildman–Crippen MR) is 150 cm³/mol. The summed E-state index contributed by atoms with van der Waals surface area (Å²) in [7, 11) is 5.72. The molecule has 0 fully saturated rings. The Bertz CT molecular complexity index is 1690. The molecule has 2 N–H and O–H groups in total. The Morgan fingerprint density at radius 3 is 2.10 bits per heavy atom. The zero-order chi connectivity index (χ0) is 29.8. The van der Waals surface area contributed by atoms with Gasteiger partial charge in [0.1, 0.15) is 17.2 Å². The van der Waals surface area contributed by atoms with Crippen molar-refractivity contribution >= 4 is 28.7 Å². The van der Waals surface area contributed by atoms with E-state index in [1.165, 1.54) is 49.6 Å². The van der Waals surface area contributed by atoms with Crippen LogP contribution in [0.4, 0.5) is 10.5 Å². The number of imidazole rings is 1. The molecule has 214 valence electrons. The molecule has 4 rings (SSSR count). The van der Waals surface area contributed by atoms with E-state index in [0.29, 0.717) is 38.8 Å². The van der Waals surface area contributed by atoms with Crippen LogP contribution in [0.15, 0.2) is 59.4 Å². The molecule has 0 aliphatic carbocycles. The maximum Gasteiger partial charge on any atom is 0.329 e. The highest BCUT2D eigenvalue weighted by molar-refractivity contribution is 5.97. The minimum Gasteiger partial charge on any atom is -0.497 e. The van der Waals surface area contributed by atoms with Crippen molar-refractivity contribution in [3.8, 4) is 17.2 Å². The number of rotatable bonds is 10. The summed E-state index contributed by atoms with van der Waals surface area (Å²) in [5.41, 5.74) is 6.30. The number of benzene rings is 3. The molecule has 0 saturated carbocycles. The number of nitro benzene ring substituents is 1. The number of hydrogen-bond acceptors (Lipinski definition) is 8. The SMILES string of the molecule is COc1cccc(Cn2c(=O)n(Cc3cc(OC)cc(OC)c3)c3ccc([N+](=O)[O-])c(CC(=O)N(C)C(N)=O)c32)c1. The van der Waals surface area contributed by atoms with Crippen molar-refractivity contribution in [1.29, 1.82) is 0 Å². The number of carbonyl (C=O) groups excluding carboxylic acids is 2. The lowest BCUT2D eigenvalue weighted by Gasteiger charge is -2.14. The lowest BCUT2D eigenvalue weighted by Crippen LogP contribution is -2.38. The number of likely N-dealkylation sites (N-methyl/N-ethyl adjacent to an activating group) is 1. The zero-order valence-corrected chi connectivity index (χ0v) is 22.9. The van der Waals surface area contributed by atoms with Crippen molar-refractivity contribution in [2.75, 3.05) is 28.4 Å². The van der Waals surface area contributed by atoms with Gasteiger partial charge in [-0.25, -0.2) is 9.59 Å². The summed E-state index contributed by atoms with van der Waals surface area (Å²) in [6.07, 6.45) is -0.540. The summed E-state index contributed by atoms with van der Waals surface area (Å²) in [5.74, 6) is 0.832. The monoisotopic (exact) mass is 563 g/mol. The number of nitrogens with zero attached hydrogens (tertiary/aromatic N) is 4. The van der Waals surface area contributed by atoms with E-state index in [9.17, 15) is 24.5 Å². The predicted octanol–water partition coefficient (Wildman–Crippen LogP) is 2.91.